The molecule has 0 unspecified atom stereocenters. The van der Waals surface area contributed by atoms with E-state index >= 15 is 0 Å². The van der Waals surface area contributed by atoms with E-state index in [4.69, 9.17) is 14.0 Å². The van der Waals surface area contributed by atoms with Crippen molar-refractivity contribution < 1.29 is 23.2 Å². The number of methoxy groups -OCH3 is 2. The highest BCUT2D eigenvalue weighted by Crippen LogP contribution is 2.29. The van der Waals surface area contributed by atoms with Gasteiger partial charge in [-0.3, -0.25) is 4.79 Å². The van der Waals surface area contributed by atoms with Crippen molar-refractivity contribution in [3.63, 3.8) is 0 Å². The average molecular weight is 439 g/mol. The summed E-state index contributed by atoms with van der Waals surface area (Å²) in [6.07, 6.45) is 0. The Balaban J connectivity index is 1.42. The molecular weight excluding hydrogens is 421 g/mol. The van der Waals surface area contributed by atoms with Crippen LogP contribution in [0.3, 0.4) is 0 Å². The Morgan fingerprint density at radius 2 is 1.84 bits per heavy atom. The van der Waals surface area contributed by atoms with Gasteiger partial charge >= 0.3 is 0 Å². The number of hydrogen-bond acceptors (Lipinski definition) is 7. The minimum absolute atomic E-state index is 0.229. The van der Waals surface area contributed by atoms with Crippen LogP contribution in [0.5, 0.6) is 11.5 Å². The molecule has 0 aliphatic carbocycles. The number of ether oxygens (including phenoxy) is 2. The molecule has 0 spiro atoms. The first-order valence-electron chi connectivity index (χ1n) is 9.26. The van der Waals surface area contributed by atoms with Crippen LogP contribution >= 0.6 is 11.3 Å². The predicted octanol–water partition coefficient (Wildman–Crippen LogP) is 4.55. The first-order chi connectivity index (χ1) is 15.1. The van der Waals surface area contributed by atoms with Gasteiger partial charge < -0.3 is 19.3 Å². The molecular formula is C22H18FN3O4S. The Morgan fingerprint density at radius 1 is 1.06 bits per heavy atom. The first-order valence-corrected chi connectivity index (χ1v) is 10.1. The molecule has 4 rings (SSSR count). The zero-order valence-electron chi connectivity index (χ0n) is 16.7. The number of thiophene rings is 1. The maximum atomic E-state index is 13.1. The van der Waals surface area contributed by atoms with Crippen molar-refractivity contribution in [3.8, 4) is 33.7 Å². The quantitative estimate of drug-likeness (QED) is 0.455. The summed E-state index contributed by atoms with van der Waals surface area (Å²) in [5, 5.41) is 6.83. The molecule has 31 heavy (non-hydrogen) atoms. The van der Waals surface area contributed by atoms with E-state index < -0.39 is 0 Å². The van der Waals surface area contributed by atoms with E-state index in [9.17, 15) is 9.18 Å². The Kier molecular flexibility index (Phi) is 5.94. The van der Waals surface area contributed by atoms with Crippen LogP contribution in [0, 0.1) is 5.82 Å². The monoisotopic (exact) mass is 439 g/mol. The molecule has 0 aliphatic rings. The lowest BCUT2D eigenvalue weighted by Crippen LogP contribution is -2.22. The van der Waals surface area contributed by atoms with Crippen LogP contribution in [0.25, 0.3) is 22.2 Å². The van der Waals surface area contributed by atoms with E-state index in [2.05, 4.69) is 15.5 Å². The highest BCUT2D eigenvalue weighted by atomic mass is 32.1. The number of carbonyl (C=O) groups excluding carboxylic acids is 1. The number of hydrogen-bond donors (Lipinski definition) is 1. The summed E-state index contributed by atoms with van der Waals surface area (Å²) >= 11 is 1.43. The van der Waals surface area contributed by atoms with E-state index in [0.29, 0.717) is 40.9 Å². The van der Waals surface area contributed by atoms with Crippen LogP contribution in [0.15, 0.2) is 59.1 Å². The third-order valence-corrected chi connectivity index (χ3v) is 5.54. The second-order valence-corrected chi connectivity index (χ2v) is 7.62. The van der Waals surface area contributed by atoms with Gasteiger partial charge in [-0.15, -0.1) is 11.3 Å². The molecule has 0 radical (unpaired) electrons. The summed E-state index contributed by atoms with van der Waals surface area (Å²) in [4.78, 5) is 18.5. The van der Waals surface area contributed by atoms with Crippen LogP contribution in [-0.4, -0.2) is 30.3 Å². The molecule has 0 fully saturated rings. The van der Waals surface area contributed by atoms with Gasteiger partial charge in [0.1, 0.15) is 5.82 Å². The van der Waals surface area contributed by atoms with Gasteiger partial charge in [-0.1, -0.05) is 5.16 Å². The fourth-order valence-electron chi connectivity index (χ4n) is 2.87. The topological polar surface area (TPSA) is 86.5 Å². The molecule has 0 saturated heterocycles. The minimum Gasteiger partial charge on any atom is -0.493 e. The van der Waals surface area contributed by atoms with Gasteiger partial charge in [-0.25, -0.2) is 4.39 Å². The van der Waals surface area contributed by atoms with Crippen molar-refractivity contribution in [2.45, 2.75) is 6.54 Å². The van der Waals surface area contributed by atoms with Crippen molar-refractivity contribution in [1.29, 1.82) is 0 Å². The molecule has 0 aliphatic heterocycles. The smallest absolute Gasteiger partial charge is 0.268 e. The molecule has 7 nitrogen and oxygen atoms in total. The Bertz CT molecular complexity index is 1200. The number of aromatic nitrogens is 2. The Labute approximate surface area is 181 Å². The fraction of sp³-hybridized carbons (Fsp3) is 0.136. The maximum absolute atomic E-state index is 13.1. The van der Waals surface area contributed by atoms with E-state index in [0.717, 1.165) is 9.75 Å². The van der Waals surface area contributed by atoms with Gasteiger partial charge in [0.05, 0.1) is 25.6 Å². The van der Waals surface area contributed by atoms with Crippen LogP contribution < -0.4 is 14.8 Å². The summed E-state index contributed by atoms with van der Waals surface area (Å²) < 4.78 is 28.8. The molecule has 1 amide bonds. The second kappa shape index (κ2) is 8.97. The van der Waals surface area contributed by atoms with Crippen molar-refractivity contribution in [1.82, 2.24) is 15.5 Å². The van der Waals surface area contributed by atoms with Crippen molar-refractivity contribution >= 4 is 17.2 Å². The van der Waals surface area contributed by atoms with E-state index in [-0.39, 0.29) is 11.7 Å². The van der Waals surface area contributed by atoms with E-state index in [1.54, 1.807) is 30.3 Å². The first kappa shape index (κ1) is 20.5. The average Bonchev–Trinajstić information content (AvgIpc) is 3.47. The molecule has 1 N–H and O–H groups in total. The Morgan fingerprint density at radius 3 is 2.58 bits per heavy atom. The number of halogens is 1. The number of carbonyl (C=O) groups is 1. The largest absolute Gasteiger partial charge is 0.493 e. The van der Waals surface area contributed by atoms with Crippen LogP contribution in [0.4, 0.5) is 4.39 Å². The number of nitrogens with one attached hydrogen (secondary N) is 1. The summed E-state index contributed by atoms with van der Waals surface area (Å²) in [6, 6.07) is 14.6. The Hall–Kier alpha value is -3.72. The van der Waals surface area contributed by atoms with Crippen molar-refractivity contribution in [3.05, 3.63) is 70.9 Å². The van der Waals surface area contributed by atoms with Gasteiger partial charge in [0.2, 0.25) is 5.82 Å². The molecule has 2 aromatic carbocycles. The SMILES string of the molecule is COc1ccc(C(=O)NCc2ccc(-c3nc(-c4ccc(F)cc4)no3)s2)cc1OC. The highest BCUT2D eigenvalue weighted by Gasteiger charge is 2.14. The van der Waals surface area contributed by atoms with Crippen LogP contribution in [-0.2, 0) is 6.54 Å². The van der Waals surface area contributed by atoms with Gasteiger partial charge in [0.25, 0.3) is 11.8 Å². The highest BCUT2D eigenvalue weighted by molar-refractivity contribution is 7.15. The fourth-order valence-corrected chi connectivity index (χ4v) is 3.74. The number of benzene rings is 2. The van der Waals surface area contributed by atoms with Crippen LogP contribution in [0.2, 0.25) is 0 Å². The van der Waals surface area contributed by atoms with E-state index in [1.807, 2.05) is 12.1 Å². The lowest BCUT2D eigenvalue weighted by atomic mass is 10.2. The standard InChI is InChI=1S/C22H18FN3O4S/c1-28-17-9-5-14(11-18(17)29-2)21(27)24-12-16-8-10-19(31-16)22-25-20(26-30-22)13-3-6-15(23)7-4-13/h3-11H,12H2,1-2H3,(H,24,27). The van der Waals surface area contributed by atoms with Gasteiger partial charge in [0.15, 0.2) is 11.5 Å². The predicted molar refractivity (Wildman–Crippen MR) is 114 cm³/mol. The molecule has 0 saturated carbocycles. The normalized spacial score (nSPS) is 10.7. The summed E-state index contributed by atoms with van der Waals surface area (Å²) in [7, 11) is 3.06. The zero-order valence-corrected chi connectivity index (χ0v) is 17.5. The summed E-state index contributed by atoms with van der Waals surface area (Å²) in [6.45, 7) is 0.344. The molecule has 2 heterocycles. The van der Waals surface area contributed by atoms with Gasteiger partial charge in [-0.2, -0.15) is 4.98 Å². The molecule has 0 bridgehead atoms. The third kappa shape index (κ3) is 4.56. The maximum Gasteiger partial charge on any atom is 0.268 e. The molecule has 2 aromatic heterocycles. The van der Waals surface area contributed by atoms with Gasteiger partial charge in [-0.05, 0) is 54.6 Å². The van der Waals surface area contributed by atoms with E-state index in [1.165, 1.54) is 37.7 Å². The zero-order chi connectivity index (χ0) is 21.8. The summed E-state index contributed by atoms with van der Waals surface area (Å²) in [5.41, 5.74) is 1.13. The molecule has 9 heteroatoms. The number of rotatable bonds is 7. The number of nitrogens with zero attached hydrogens (tertiary/aromatic N) is 2. The molecule has 158 valence electrons. The van der Waals surface area contributed by atoms with Crippen molar-refractivity contribution in [2.75, 3.05) is 14.2 Å². The number of amides is 1. The van der Waals surface area contributed by atoms with Gasteiger partial charge in [0, 0.05) is 16.0 Å². The molecule has 0 atom stereocenters. The molecule has 4 aromatic rings. The summed E-state index contributed by atoms with van der Waals surface area (Å²) in [5.74, 6) is 1.23. The van der Waals surface area contributed by atoms with Crippen molar-refractivity contribution in [2.24, 2.45) is 0 Å². The second-order valence-electron chi connectivity index (χ2n) is 6.45. The van der Waals surface area contributed by atoms with Crippen LogP contribution in [0.1, 0.15) is 15.2 Å². The lowest BCUT2D eigenvalue weighted by Gasteiger charge is -2.09. The third-order valence-electron chi connectivity index (χ3n) is 4.47. The lowest BCUT2D eigenvalue weighted by molar-refractivity contribution is 0.0951. The minimum atomic E-state index is -0.328.